The van der Waals surface area contributed by atoms with E-state index < -0.39 is 59.8 Å². The molecule has 0 bridgehead atoms. The van der Waals surface area contributed by atoms with Gasteiger partial charge in [-0.05, 0) is 89.9 Å². The summed E-state index contributed by atoms with van der Waals surface area (Å²) >= 11 is 0. The monoisotopic (exact) mass is 991 g/mol. The topological polar surface area (TPSA) is 178 Å². The Bertz CT molecular complexity index is 1570. The zero-order valence-electron chi connectivity index (χ0n) is 42.6. The standard InChI is InChI=1S/C56H94O12S/c1-3-5-7-9-11-13-15-17-19-21-23-24-25-26-27-29-31-33-35-37-39-41-43-45-52(58)66-50(49-65-56-54(60)55(68-69(61,62)63)53(59)51(47-57)67-56)48-64-46-44-42-40-38-36-34-32-30-28-22-20-18-16-14-12-10-8-6-4-2/h5,7,11,13,17,19-20,22-24,26-27,31,33,37,39,50-51,53-57,59-60H,3-4,6,8-10,12,14-16,18,21,25,28-30,32,34-36,38,40-49H2,1-2H3,(H,61,62,63)/b7-5-,13-11-,19-17-,22-20-,24-23-,27-26-,33-31-,39-37-. The van der Waals surface area contributed by atoms with E-state index in [-0.39, 0.29) is 19.6 Å². The largest absolute Gasteiger partial charge is 0.457 e. The van der Waals surface area contributed by atoms with Crippen LogP contribution in [0.5, 0.6) is 0 Å². The van der Waals surface area contributed by atoms with Gasteiger partial charge in [0.25, 0.3) is 0 Å². The van der Waals surface area contributed by atoms with Crippen LogP contribution in [0.2, 0.25) is 0 Å². The molecule has 0 aliphatic carbocycles. The van der Waals surface area contributed by atoms with E-state index in [1.54, 1.807) is 0 Å². The number of rotatable bonds is 45. The second-order valence-corrected chi connectivity index (χ2v) is 18.8. The smallest absolute Gasteiger partial charge is 0.397 e. The van der Waals surface area contributed by atoms with E-state index in [1.807, 2.05) is 6.08 Å². The maximum absolute atomic E-state index is 12.9. The van der Waals surface area contributed by atoms with E-state index >= 15 is 0 Å². The molecule has 12 nitrogen and oxygen atoms in total. The molecule has 1 rings (SSSR count). The van der Waals surface area contributed by atoms with E-state index in [9.17, 15) is 33.1 Å². The van der Waals surface area contributed by atoms with Crippen molar-refractivity contribution < 1.29 is 56.2 Å². The normalized spacial score (nSPS) is 20.0. The third kappa shape index (κ3) is 39.3. The molecule has 1 aliphatic heterocycles. The highest BCUT2D eigenvalue weighted by Gasteiger charge is 2.48. The Morgan fingerprint density at radius 3 is 1.48 bits per heavy atom. The Morgan fingerprint density at radius 2 is 1.00 bits per heavy atom. The number of allylic oxidation sites excluding steroid dienone is 16. The van der Waals surface area contributed by atoms with Gasteiger partial charge >= 0.3 is 16.4 Å². The lowest BCUT2D eigenvalue weighted by molar-refractivity contribution is -0.301. The van der Waals surface area contributed by atoms with Gasteiger partial charge in [0.15, 0.2) is 6.29 Å². The Labute approximate surface area is 418 Å². The second kappa shape index (κ2) is 46.1. The molecule has 0 radical (unpaired) electrons. The lowest BCUT2D eigenvalue weighted by Crippen LogP contribution is -2.60. The number of carbonyl (C=O) groups is 1. The van der Waals surface area contributed by atoms with E-state index in [1.165, 1.54) is 89.9 Å². The van der Waals surface area contributed by atoms with Gasteiger partial charge in [-0.15, -0.1) is 0 Å². The lowest BCUT2D eigenvalue weighted by Gasteiger charge is -2.41. The summed E-state index contributed by atoms with van der Waals surface area (Å²) in [5.41, 5.74) is 0. The van der Waals surface area contributed by atoms with Crippen molar-refractivity contribution in [2.75, 3.05) is 26.4 Å². The summed E-state index contributed by atoms with van der Waals surface area (Å²) in [4.78, 5) is 12.9. The first-order valence-corrected chi connectivity index (χ1v) is 27.9. The van der Waals surface area contributed by atoms with Gasteiger partial charge in [-0.1, -0.05) is 188 Å². The number of aliphatic hydroxyl groups is 3. The van der Waals surface area contributed by atoms with Crippen LogP contribution in [0.4, 0.5) is 0 Å². The van der Waals surface area contributed by atoms with E-state index in [0.717, 1.165) is 64.2 Å². The molecule has 0 aromatic carbocycles. The van der Waals surface area contributed by atoms with Gasteiger partial charge in [0.05, 0.1) is 19.8 Å². The van der Waals surface area contributed by atoms with Crippen LogP contribution >= 0.6 is 0 Å². The highest BCUT2D eigenvalue weighted by molar-refractivity contribution is 7.80. The SMILES string of the molecule is CC/C=C\C/C=C\C/C=C\C/C=C\C/C=C\C/C=C\C/C=C\CCCC(=O)OC(COCCCCCCCCCC/C=C\CCCCCCCCC)COC1OC(CO)C(O)C(OS(=O)(=O)O)C1O. The predicted octanol–water partition coefficient (Wildman–Crippen LogP) is 12.6. The summed E-state index contributed by atoms with van der Waals surface area (Å²) in [5.74, 6) is -0.460. The van der Waals surface area contributed by atoms with Gasteiger partial charge in [-0.2, -0.15) is 8.42 Å². The van der Waals surface area contributed by atoms with Gasteiger partial charge in [0, 0.05) is 13.0 Å². The van der Waals surface area contributed by atoms with Crippen molar-refractivity contribution in [3.8, 4) is 0 Å². The van der Waals surface area contributed by atoms with Crippen LogP contribution in [0.25, 0.3) is 0 Å². The van der Waals surface area contributed by atoms with Gasteiger partial charge < -0.3 is 34.3 Å². The van der Waals surface area contributed by atoms with Gasteiger partial charge in [-0.3, -0.25) is 9.35 Å². The Balaban J connectivity index is 2.42. The first kappa shape index (κ1) is 64.0. The van der Waals surface area contributed by atoms with E-state index in [2.05, 4.69) is 109 Å². The Kier molecular flexibility index (Phi) is 42.8. The quantitative estimate of drug-likeness (QED) is 0.0197. The summed E-state index contributed by atoms with van der Waals surface area (Å²) < 4.78 is 59.2. The molecule has 13 heteroatoms. The summed E-state index contributed by atoms with van der Waals surface area (Å²) in [6.07, 6.45) is 54.4. The molecular weight excluding hydrogens is 897 g/mol. The molecule has 6 atom stereocenters. The molecule has 0 aromatic heterocycles. The fourth-order valence-electron chi connectivity index (χ4n) is 7.48. The van der Waals surface area contributed by atoms with Crippen LogP contribution in [-0.4, -0.2) is 97.5 Å². The number of esters is 1. The first-order chi connectivity index (χ1) is 33.6. The van der Waals surface area contributed by atoms with E-state index in [4.69, 9.17) is 18.9 Å². The van der Waals surface area contributed by atoms with Crippen molar-refractivity contribution in [3.63, 3.8) is 0 Å². The molecule has 0 aromatic rings. The van der Waals surface area contributed by atoms with Gasteiger partial charge in [-0.25, -0.2) is 4.18 Å². The molecule has 6 unspecified atom stereocenters. The zero-order chi connectivity index (χ0) is 50.3. The number of ether oxygens (including phenoxy) is 4. The third-order valence-electron chi connectivity index (χ3n) is 11.4. The highest BCUT2D eigenvalue weighted by Crippen LogP contribution is 2.26. The molecule has 0 saturated carbocycles. The second-order valence-electron chi connectivity index (χ2n) is 17.7. The third-order valence-corrected chi connectivity index (χ3v) is 11.9. The minimum absolute atomic E-state index is 0.00487. The van der Waals surface area contributed by atoms with Gasteiger partial charge in [0.1, 0.15) is 30.5 Å². The first-order valence-electron chi connectivity index (χ1n) is 26.5. The Hall–Kier alpha value is -2.98. The molecule has 1 aliphatic rings. The van der Waals surface area contributed by atoms with Crippen molar-refractivity contribution in [2.24, 2.45) is 0 Å². The molecule has 1 fully saturated rings. The molecule has 1 heterocycles. The molecule has 69 heavy (non-hydrogen) atoms. The average molecular weight is 991 g/mol. The van der Waals surface area contributed by atoms with Crippen LogP contribution < -0.4 is 0 Å². The maximum Gasteiger partial charge on any atom is 0.397 e. The number of hydrogen-bond donors (Lipinski definition) is 4. The average Bonchev–Trinajstić information content (AvgIpc) is 3.32. The van der Waals surface area contributed by atoms with Crippen molar-refractivity contribution in [2.45, 2.75) is 224 Å². The molecule has 396 valence electrons. The summed E-state index contributed by atoms with van der Waals surface area (Å²) in [7, 11) is -5.08. The maximum atomic E-state index is 12.9. The minimum Gasteiger partial charge on any atom is -0.457 e. The molecular formula is C56H94O12S. The van der Waals surface area contributed by atoms with E-state index in [0.29, 0.717) is 19.4 Å². The van der Waals surface area contributed by atoms with Crippen LogP contribution in [0, 0.1) is 0 Å². The summed E-state index contributed by atoms with van der Waals surface area (Å²) in [6.45, 7) is 3.80. The van der Waals surface area contributed by atoms with Crippen molar-refractivity contribution in [3.05, 3.63) is 97.2 Å². The molecule has 0 spiro atoms. The minimum atomic E-state index is -5.08. The van der Waals surface area contributed by atoms with Crippen molar-refractivity contribution in [1.29, 1.82) is 0 Å². The van der Waals surface area contributed by atoms with Crippen LogP contribution in [0.15, 0.2) is 97.2 Å². The number of carbonyl (C=O) groups excluding carboxylic acids is 1. The molecule has 1 saturated heterocycles. The van der Waals surface area contributed by atoms with Crippen molar-refractivity contribution in [1.82, 2.24) is 0 Å². The molecule has 0 amide bonds. The fourth-order valence-corrected chi connectivity index (χ4v) is 7.99. The lowest BCUT2D eigenvalue weighted by atomic mass is 9.99. The predicted molar refractivity (Wildman–Crippen MR) is 280 cm³/mol. The Morgan fingerprint density at radius 1 is 0.565 bits per heavy atom. The van der Waals surface area contributed by atoms with Crippen LogP contribution in [-0.2, 0) is 38.3 Å². The number of aliphatic hydroxyl groups excluding tert-OH is 3. The van der Waals surface area contributed by atoms with Gasteiger partial charge in [0.2, 0.25) is 0 Å². The van der Waals surface area contributed by atoms with Crippen LogP contribution in [0.1, 0.15) is 187 Å². The number of hydrogen-bond acceptors (Lipinski definition) is 11. The number of unbranched alkanes of at least 4 members (excludes halogenated alkanes) is 16. The molecule has 4 N–H and O–H groups in total. The summed E-state index contributed by atoms with van der Waals surface area (Å²) in [6, 6.07) is 0. The van der Waals surface area contributed by atoms with Crippen molar-refractivity contribution >= 4 is 16.4 Å². The fraction of sp³-hybridized carbons (Fsp3) is 0.696. The zero-order valence-corrected chi connectivity index (χ0v) is 43.4. The summed E-state index contributed by atoms with van der Waals surface area (Å²) in [5, 5.41) is 30.8. The highest BCUT2D eigenvalue weighted by atomic mass is 32.3. The van der Waals surface area contributed by atoms with Crippen LogP contribution in [0.3, 0.4) is 0 Å².